The molecular formula is C17H26BrN3O4S. The summed E-state index contributed by atoms with van der Waals surface area (Å²) in [7, 11) is 1.30. The maximum absolute atomic E-state index is 12.5. The van der Waals surface area contributed by atoms with Crippen molar-refractivity contribution in [3.8, 4) is 5.75 Å². The quantitative estimate of drug-likeness (QED) is 0.613. The third-order valence-corrected chi connectivity index (χ3v) is 6.39. The molecule has 1 aliphatic heterocycles. The van der Waals surface area contributed by atoms with Crippen molar-refractivity contribution in [3.05, 3.63) is 22.7 Å². The third kappa shape index (κ3) is 5.18. The van der Waals surface area contributed by atoms with Gasteiger partial charge >= 0.3 is 0 Å². The maximum Gasteiger partial charge on any atom is 0.244 e. The summed E-state index contributed by atoms with van der Waals surface area (Å²) in [6, 6.07) is 4.77. The second kappa shape index (κ2) is 9.16. The fraction of sp³-hybridized carbons (Fsp3) is 0.588. The fourth-order valence-corrected chi connectivity index (χ4v) is 4.88. The Morgan fingerprint density at radius 2 is 2.15 bits per heavy atom. The number of methoxy groups -OCH3 is 1. The van der Waals surface area contributed by atoms with Gasteiger partial charge in [0.2, 0.25) is 15.9 Å². The van der Waals surface area contributed by atoms with E-state index in [0.29, 0.717) is 29.7 Å². The van der Waals surface area contributed by atoms with Gasteiger partial charge in [-0.05, 0) is 44.0 Å². The summed E-state index contributed by atoms with van der Waals surface area (Å²) in [5, 5.41) is 0. The molecule has 1 heterocycles. The number of likely N-dealkylation sites (N-methyl/N-ethyl adjacent to an activating group) is 1. The number of carbonyl (C=O) groups excluding carboxylic acids is 1. The Bertz CT molecular complexity index is 740. The second-order valence-electron chi connectivity index (χ2n) is 6.47. The lowest BCUT2D eigenvalue weighted by molar-refractivity contribution is -0.133. The molecule has 26 heavy (non-hydrogen) atoms. The molecule has 0 radical (unpaired) electrons. The van der Waals surface area contributed by atoms with Gasteiger partial charge in [-0.2, -0.15) is 0 Å². The van der Waals surface area contributed by atoms with E-state index in [-0.39, 0.29) is 16.8 Å². The van der Waals surface area contributed by atoms with Crippen molar-refractivity contribution in [2.24, 2.45) is 0 Å². The van der Waals surface area contributed by atoms with E-state index in [2.05, 4.69) is 25.6 Å². The Labute approximate surface area is 163 Å². The first-order valence-electron chi connectivity index (χ1n) is 8.54. The minimum Gasteiger partial charge on any atom is -0.495 e. The molecule has 2 rings (SSSR count). The van der Waals surface area contributed by atoms with Gasteiger partial charge in [0.25, 0.3) is 0 Å². The molecule has 1 amide bonds. The predicted molar refractivity (Wildman–Crippen MR) is 104 cm³/mol. The number of hydrogen-bond acceptors (Lipinski definition) is 5. The Morgan fingerprint density at radius 3 is 2.81 bits per heavy atom. The number of halogens is 1. The summed E-state index contributed by atoms with van der Waals surface area (Å²) in [6.07, 6.45) is 2.48. The molecule has 1 fully saturated rings. The second-order valence-corrected chi connectivity index (χ2v) is 9.12. The summed E-state index contributed by atoms with van der Waals surface area (Å²) in [6.45, 7) is 1.86. The molecule has 7 nitrogen and oxygen atoms in total. The maximum atomic E-state index is 12.5. The number of carbonyl (C=O) groups is 1. The lowest BCUT2D eigenvalue weighted by Crippen LogP contribution is -2.43. The van der Waals surface area contributed by atoms with E-state index in [1.54, 1.807) is 31.1 Å². The molecule has 1 aromatic rings. The summed E-state index contributed by atoms with van der Waals surface area (Å²) >= 11 is 3.29. The van der Waals surface area contributed by atoms with Crippen LogP contribution in [0, 0.1) is 0 Å². The summed E-state index contributed by atoms with van der Waals surface area (Å²) in [4.78, 5) is 16.0. The van der Waals surface area contributed by atoms with Crippen LogP contribution < -0.4 is 9.46 Å². The van der Waals surface area contributed by atoms with Crippen molar-refractivity contribution < 1.29 is 17.9 Å². The average Bonchev–Trinajstić information content (AvgIpc) is 3.06. The molecule has 0 bridgehead atoms. The van der Waals surface area contributed by atoms with Crippen LogP contribution in [0.5, 0.6) is 5.75 Å². The van der Waals surface area contributed by atoms with Crippen molar-refractivity contribution in [1.82, 2.24) is 14.5 Å². The normalized spacial score (nSPS) is 18.1. The van der Waals surface area contributed by atoms with E-state index in [1.807, 2.05) is 0 Å². The first kappa shape index (κ1) is 21.1. The Hall–Kier alpha value is -1.16. The molecular weight excluding hydrogens is 422 g/mol. The number of benzene rings is 1. The van der Waals surface area contributed by atoms with Crippen LogP contribution >= 0.6 is 15.9 Å². The highest BCUT2D eigenvalue weighted by molar-refractivity contribution is 9.10. The molecule has 0 aliphatic carbocycles. The highest BCUT2D eigenvalue weighted by atomic mass is 79.9. The highest BCUT2D eigenvalue weighted by Crippen LogP contribution is 2.27. The monoisotopic (exact) mass is 447 g/mol. The van der Waals surface area contributed by atoms with Gasteiger partial charge in [-0.15, -0.1) is 0 Å². The van der Waals surface area contributed by atoms with Crippen LogP contribution in [-0.2, 0) is 14.8 Å². The molecule has 0 spiro atoms. The zero-order chi connectivity index (χ0) is 19.3. The molecule has 0 saturated carbocycles. The first-order valence-corrected chi connectivity index (χ1v) is 10.8. The van der Waals surface area contributed by atoms with Crippen molar-refractivity contribution in [2.45, 2.75) is 30.2 Å². The Morgan fingerprint density at radius 1 is 1.42 bits per heavy atom. The minimum absolute atomic E-state index is 0.0909. The molecule has 1 aliphatic rings. The van der Waals surface area contributed by atoms with Crippen molar-refractivity contribution in [1.29, 1.82) is 0 Å². The smallest absolute Gasteiger partial charge is 0.244 e. The molecule has 0 aromatic heterocycles. The van der Waals surface area contributed by atoms with Gasteiger partial charge in [-0.3, -0.25) is 9.69 Å². The molecule has 1 atom stereocenters. The lowest BCUT2D eigenvalue weighted by atomic mass is 10.2. The van der Waals surface area contributed by atoms with E-state index >= 15 is 0 Å². The van der Waals surface area contributed by atoms with E-state index in [4.69, 9.17) is 4.74 Å². The Balaban J connectivity index is 1.91. The van der Waals surface area contributed by atoms with Gasteiger partial charge in [0.05, 0.1) is 13.2 Å². The molecule has 146 valence electrons. The van der Waals surface area contributed by atoms with Crippen LogP contribution in [0.2, 0.25) is 0 Å². The van der Waals surface area contributed by atoms with Crippen molar-refractivity contribution in [2.75, 3.05) is 40.8 Å². The van der Waals surface area contributed by atoms with Crippen molar-refractivity contribution in [3.63, 3.8) is 0 Å². The number of likely N-dealkylation sites (tertiary alicyclic amines) is 1. The predicted octanol–water partition coefficient (Wildman–Crippen LogP) is 1.68. The summed E-state index contributed by atoms with van der Waals surface area (Å²) in [5.74, 6) is 0.416. The van der Waals surface area contributed by atoms with E-state index in [9.17, 15) is 13.2 Å². The number of nitrogens with one attached hydrogen (secondary N) is 1. The largest absolute Gasteiger partial charge is 0.495 e. The number of sulfonamides is 1. The first-order chi connectivity index (χ1) is 12.3. The topological polar surface area (TPSA) is 79.0 Å². The minimum atomic E-state index is -3.66. The summed E-state index contributed by atoms with van der Waals surface area (Å²) in [5.41, 5.74) is 0. The Kier molecular flexibility index (Phi) is 7.45. The molecule has 9 heteroatoms. The van der Waals surface area contributed by atoms with Crippen LogP contribution in [0.1, 0.15) is 19.3 Å². The molecule has 1 aromatic carbocycles. The van der Waals surface area contributed by atoms with Crippen molar-refractivity contribution >= 4 is 31.9 Å². The lowest BCUT2D eigenvalue weighted by Gasteiger charge is -2.26. The van der Waals surface area contributed by atoms with E-state index in [1.165, 1.54) is 13.2 Å². The van der Waals surface area contributed by atoms with E-state index in [0.717, 1.165) is 19.4 Å². The number of amides is 1. The standard InChI is InChI=1S/C17H26BrN3O4S/c1-20(2)17(22)14-6-4-10-21(14)11-5-9-19-26(23,24)16-12-13(18)7-8-15(16)25-3/h7-8,12,14,19H,4-6,9-11H2,1-3H3. The zero-order valence-corrected chi connectivity index (χ0v) is 17.8. The number of rotatable bonds is 8. The van der Waals surface area contributed by atoms with E-state index < -0.39 is 10.0 Å². The van der Waals surface area contributed by atoms with Gasteiger partial charge in [-0.25, -0.2) is 13.1 Å². The van der Waals surface area contributed by atoms with Gasteiger partial charge in [0.15, 0.2) is 0 Å². The SMILES string of the molecule is COc1ccc(Br)cc1S(=O)(=O)NCCCN1CCCC1C(=O)N(C)C. The average molecular weight is 448 g/mol. The fourth-order valence-electron chi connectivity index (χ4n) is 3.10. The molecule has 1 N–H and O–H groups in total. The summed E-state index contributed by atoms with van der Waals surface area (Å²) < 4.78 is 33.5. The van der Waals surface area contributed by atoms with Crippen LogP contribution in [0.4, 0.5) is 0 Å². The van der Waals surface area contributed by atoms with Crippen LogP contribution in [0.15, 0.2) is 27.6 Å². The number of nitrogens with zero attached hydrogens (tertiary/aromatic N) is 2. The van der Waals surface area contributed by atoms with Gasteiger partial charge in [-0.1, -0.05) is 15.9 Å². The van der Waals surface area contributed by atoms with Crippen LogP contribution in [0.25, 0.3) is 0 Å². The number of ether oxygens (including phenoxy) is 1. The van der Waals surface area contributed by atoms with Gasteiger partial charge in [0, 0.05) is 31.7 Å². The van der Waals surface area contributed by atoms with Gasteiger partial charge in [0.1, 0.15) is 10.6 Å². The molecule has 1 saturated heterocycles. The highest BCUT2D eigenvalue weighted by Gasteiger charge is 2.31. The zero-order valence-electron chi connectivity index (χ0n) is 15.4. The molecule has 1 unspecified atom stereocenters. The van der Waals surface area contributed by atoms with Gasteiger partial charge < -0.3 is 9.64 Å². The number of hydrogen-bond donors (Lipinski definition) is 1. The third-order valence-electron chi connectivity index (χ3n) is 4.42. The van der Waals surface area contributed by atoms with Crippen LogP contribution in [0.3, 0.4) is 0 Å². The van der Waals surface area contributed by atoms with Crippen LogP contribution in [-0.4, -0.2) is 71.0 Å².